The summed E-state index contributed by atoms with van der Waals surface area (Å²) in [5.41, 5.74) is 3.58. The number of fused-ring (bicyclic) bond motifs is 1. The molecule has 8 rings (SSSR count). The van der Waals surface area contributed by atoms with Crippen molar-refractivity contribution in [2.45, 2.75) is 57.7 Å². The fraction of sp³-hybridized carbons (Fsp3) is 0.465. The van der Waals surface area contributed by atoms with Crippen LogP contribution in [0.5, 0.6) is 5.75 Å². The van der Waals surface area contributed by atoms with Gasteiger partial charge >= 0.3 is 6.03 Å². The Kier molecular flexibility index (Phi) is 11.1. The maximum Gasteiger partial charge on any atom is 0.322 e. The number of anilines is 4. The number of carbonyl (C=O) groups excluding carboxylic acids is 5. The van der Waals surface area contributed by atoms with E-state index in [0.717, 1.165) is 80.7 Å². The summed E-state index contributed by atoms with van der Waals surface area (Å²) in [6, 6.07) is 15.8. The van der Waals surface area contributed by atoms with Crippen molar-refractivity contribution in [2.24, 2.45) is 5.92 Å². The predicted octanol–water partition coefficient (Wildman–Crippen LogP) is 3.53. The molecule has 5 aliphatic heterocycles. The number of nitrogens with one attached hydrogen (secondary N) is 2. The van der Waals surface area contributed by atoms with Crippen LogP contribution in [0.3, 0.4) is 0 Å². The van der Waals surface area contributed by atoms with Gasteiger partial charge < -0.3 is 29.7 Å². The molecule has 0 spiro atoms. The van der Waals surface area contributed by atoms with E-state index in [0.29, 0.717) is 47.1 Å². The molecule has 16 nitrogen and oxygen atoms in total. The fourth-order valence-electron chi connectivity index (χ4n) is 9.12. The van der Waals surface area contributed by atoms with Crippen LogP contribution in [0.4, 0.5) is 27.7 Å². The van der Waals surface area contributed by atoms with Crippen LogP contribution in [-0.4, -0.2) is 133 Å². The Morgan fingerprint density at radius 1 is 0.864 bits per heavy atom. The molecule has 0 saturated carbocycles. The van der Waals surface area contributed by atoms with Gasteiger partial charge in [0.1, 0.15) is 23.7 Å². The average molecular weight is 803 g/mol. The summed E-state index contributed by atoms with van der Waals surface area (Å²) < 4.78 is 5.42. The molecule has 0 unspecified atom stereocenters. The lowest BCUT2D eigenvalue weighted by Gasteiger charge is -2.45. The van der Waals surface area contributed by atoms with E-state index in [1.54, 1.807) is 31.5 Å². The summed E-state index contributed by atoms with van der Waals surface area (Å²) in [6.45, 7) is 11.5. The maximum atomic E-state index is 13.4. The number of aromatic nitrogens is 1. The average Bonchev–Trinajstić information content (AvgIpc) is 3.49. The Bertz CT molecular complexity index is 2180. The number of piperidine rings is 2. The van der Waals surface area contributed by atoms with E-state index < -0.39 is 29.7 Å². The summed E-state index contributed by atoms with van der Waals surface area (Å²) >= 11 is 0. The van der Waals surface area contributed by atoms with Gasteiger partial charge in [0.2, 0.25) is 11.8 Å². The van der Waals surface area contributed by atoms with E-state index in [1.165, 1.54) is 0 Å². The van der Waals surface area contributed by atoms with Crippen molar-refractivity contribution in [3.05, 3.63) is 71.4 Å². The topological polar surface area (TPSA) is 175 Å². The van der Waals surface area contributed by atoms with Crippen molar-refractivity contribution in [3.8, 4) is 11.8 Å². The van der Waals surface area contributed by atoms with Crippen LogP contribution in [0.25, 0.3) is 0 Å². The van der Waals surface area contributed by atoms with Crippen molar-refractivity contribution in [3.63, 3.8) is 0 Å². The summed E-state index contributed by atoms with van der Waals surface area (Å²) in [6.07, 6.45) is 4.07. The third-order valence-corrected chi connectivity index (χ3v) is 12.5. The van der Waals surface area contributed by atoms with E-state index in [4.69, 9.17) is 9.72 Å². The normalized spacial score (nSPS) is 22.9. The van der Waals surface area contributed by atoms with Gasteiger partial charge in [0, 0.05) is 94.8 Å². The second kappa shape index (κ2) is 16.6. The van der Waals surface area contributed by atoms with Crippen molar-refractivity contribution in [1.82, 2.24) is 25.0 Å². The standard InChI is InChI=1S/C43H50N10O6/c1-27-25-52(28(2)24-51(27)33-6-4-30(22-44)37(21-33)59-3)43(58)46-31-5-10-38(45-23-31)50-14-12-29(13-15-50)26-48-16-18-49(19-17-48)32-7-8-34-35(20-32)42(57)53(41(34)56)36-9-11-39(54)47-40(36)55/h4-8,10,20-21,23,27-29,36H,9,11-19,24-26H2,1-3H3,(H,46,58)(H,47,54,55)/t27-,28+,36+/m0/s1. The van der Waals surface area contributed by atoms with Crippen molar-refractivity contribution < 1.29 is 28.7 Å². The van der Waals surface area contributed by atoms with Gasteiger partial charge in [-0.25, -0.2) is 9.78 Å². The lowest BCUT2D eigenvalue weighted by atomic mass is 9.96. The first-order chi connectivity index (χ1) is 28.5. The number of rotatable bonds is 8. The van der Waals surface area contributed by atoms with Gasteiger partial charge in [-0.1, -0.05) is 0 Å². The Balaban J connectivity index is 0.778. The number of imide groups is 2. The smallest absolute Gasteiger partial charge is 0.322 e. The third kappa shape index (κ3) is 7.99. The molecule has 3 aromatic rings. The SMILES string of the molecule is COc1cc(N2C[C@@H](C)N(C(=O)Nc3ccc(N4CCC(CN5CCN(c6ccc7c(c6)C(=O)N([C@@H]6CCC(=O)NC6=O)C7=O)CC5)CC4)nc3)C[C@@H]2C)ccc1C#N. The number of piperazine rings is 2. The Labute approximate surface area is 343 Å². The zero-order valence-electron chi connectivity index (χ0n) is 33.7. The minimum absolute atomic E-state index is 0.0448. The molecular weight excluding hydrogens is 753 g/mol. The number of benzene rings is 2. The van der Waals surface area contributed by atoms with E-state index in [9.17, 15) is 29.2 Å². The van der Waals surface area contributed by atoms with Crippen molar-refractivity contribution in [2.75, 3.05) is 86.0 Å². The van der Waals surface area contributed by atoms with Gasteiger partial charge in [-0.2, -0.15) is 5.26 Å². The third-order valence-electron chi connectivity index (χ3n) is 12.5. The van der Waals surface area contributed by atoms with Gasteiger partial charge in [-0.05, 0) is 81.5 Å². The molecule has 4 saturated heterocycles. The molecule has 0 aliphatic carbocycles. The predicted molar refractivity (Wildman–Crippen MR) is 221 cm³/mol. The molecule has 2 N–H and O–H groups in total. The number of amides is 6. The molecule has 6 amide bonds. The summed E-state index contributed by atoms with van der Waals surface area (Å²) in [5, 5.41) is 14.7. The number of nitrogens with zero attached hydrogens (tertiary/aromatic N) is 8. The Morgan fingerprint density at radius 3 is 2.31 bits per heavy atom. The highest BCUT2D eigenvalue weighted by molar-refractivity contribution is 6.23. The summed E-state index contributed by atoms with van der Waals surface area (Å²) in [5.74, 6) is 0.0306. The van der Waals surface area contributed by atoms with Crippen LogP contribution in [0.2, 0.25) is 0 Å². The van der Waals surface area contributed by atoms with E-state index in [1.807, 2.05) is 42.2 Å². The molecular formula is C43H50N10O6. The highest BCUT2D eigenvalue weighted by Gasteiger charge is 2.45. The van der Waals surface area contributed by atoms with Gasteiger partial charge in [-0.15, -0.1) is 0 Å². The zero-order chi connectivity index (χ0) is 41.4. The van der Waals surface area contributed by atoms with E-state index in [2.05, 4.69) is 43.2 Å². The quantitative estimate of drug-likeness (QED) is 0.318. The van der Waals surface area contributed by atoms with Crippen LogP contribution >= 0.6 is 0 Å². The minimum Gasteiger partial charge on any atom is -0.495 e. The number of methoxy groups -OCH3 is 1. The molecule has 0 bridgehead atoms. The van der Waals surface area contributed by atoms with Crippen LogP contribution in [-0.2, 0) is 9.59 Å². The van der Waals surface area contributed by atoms with Gasteiger partial charge in [-0.3, -0.25) is 34.3 Å². The highest BCUT2D eigenvalue weighted by Crippen LogP contribution is 2.33. The zero-order valence-corrected chi connectivity index (χ0v) is 33.7. The Morgan fingerprint density at radius 2 is 1.61 bits per heavy atom. The number of nitriles is 1. The molecule has 0 radical (unpaired) electrons. The van der Waals surface area contributed by atoms with Gasteiger partial charge in [0.15, 0.2) is 0 Å². The molecule has 59 heavy (non-hydrogen) atoms. The first-order valence-electron chi connectivity index (χ1n) is 20.5. The second-order valence-corrected chi connectivity index (χ2v) is 16.2. The van der Waals surface area contributed by atoms with Crippen LogP contribution < -0.4 is 30.1 Å². The van der Waals surface area contributed by atoms with Crippen LogP contribution in [0.1, 0.15) is 65.8 Å². The molecule has 5 aliphatic rings. The van der Waals surface area contributed by atoms with Crippen molar-refractivity contribution >= 4 is 52.5 Å². The monoisotopic (exact) mass is 802 g/mol. The number of hydrogen-bond donors (Lipinski definition) is 2. The number of hydrogen-bond acceptors (Lipinski definition) is 12. The number of urea groups is 1. The lowest BCUT2D eigenvalue weighted by molar-refractivity contribution is -0.136. The largest absolute Gasteiger partial charge is 0.495 e. The molecule has 6 heterocycles. The molecule has 308 valence electrons. The first kappa shape index (κ1) is 39.6. The lowest BCUT2D eigenvalue weighted by Crippen LogP contribution is -2.59. The number of ether oxygens (including phenoxy) is 1. The van der Waals surface area contributed by atoms with Crippen LogP contribution in [0, 0.1) is 17.2 Å². The molecule has 4 fully saturated rings. The van der Waals surface area contributed by atoms with E-state index >= 15 is 0 Å². The molecule has 3 atom stereocenters. The van der Waals surface area contributed by atoms with Gasteiger partial charge in [0.05, 0.1) is 35.7 Å². The number of pyridine rings is 1. The molecule has 2 aromatic carbocycles. The first-order valence-corrected chi connectivity index (χ1v) is 20.5. The highest BCUT2D eigenvalue weighted by atomic mass is 16.5. The summed E-state index contributed by atoms with van der Waals surface area (Å²) in [7, 11) is 1.56. The minimum atomic E-state index is -0.975. The van der Waals surface area contributed by atoms with Crippen LogP contribution in [0.15, 0.2) is 54.7 Å². The summed E-state index contributed by atoms with van der Waals surface area (Å²) in [4.78, 5) is 80.8. The molecule has 1 aromatic heterocycles. The Hall–Kier alpha value is -6.21. The number of carbonyl (C=O) groups is 5. The van der Waals surface area contributed by atoms with Gasteiger partial charge in [0.25, 0.3) is 11.8 Å². The second-order valence-electron chi connectivity index (χ2n) is 16.2. The fourth-order valence-corrected chi connectivity index (χ4v) is 9.12. The maximum absolute atomic E-state index is 13.4. The molecule has 16 heteroatoms. The van der Waals surface area contributed by atoms with E-state index in [-0.39, 0.29) is 31.0 Å². The van der Waals surface area contributed by atoms with Crippen molar-refractivity contribution in [1.29, 1.82) is 5.26 Å².